The number of benzene rings is 2. The van der Waals surface area contributed by atoms with Crippen molar-refractivity contribution in [2.24, 2.45) is 5.41 Å². The van der Waals surface area contributed by atoms with Crippen molar-refractivity contribution in [2.75, 3.05) is 51.3 Å². The largest absolute Gasteiger partial charge is 0.480 e. The van der Waals surface area contributed by atoms with Crippen molar-refractivity contribution >= 4 is 40.5 Å². The van der Waals surface area contributed by atoms with Crippen LogP contribution in [0, 0.1) is 5.41 Å². The molecule has 3 fully saturated rings. The van der Waals surface area contributed by atoms with Gasteiger partial charge in [0.25, 0.3) is 5.91 Å². The number of hydrogen-bond acceptors (Lipinski definition) is 11. The minimum absolute atomic E-state index is 0.135. The summed E-state index contributed by atoms with van der Waals surface area (Å²) >= 11 is 0. The molecule has 15 heteroatoms. The number of anilines is 1. The summed E-state index contributed by atoms with van der Waals surface area (Å²) in [6, 6.07) is 15.3. The van der Waals surface area contributed by atoms with Gasteiger partial charge in [0, 0.05) is 81.1 Å². The molecule has 15 nitrogen and oxygen atoms in total. The van der Waals surface area contributed by atoms with E-state index < -0.39 is 41.1 Å². The number of carbonyl (C=O) groups is 4. The monoisotopic (exact) mass is 908 g/mol. The Morgan fingerprint density at radius 2 is 1.73 bits per heavy atom. The standard InChI is InChI=1S/C51H69N7O8/c1-10-57-44-19-18-36(35-15-11-14-34(24-35)25-43(53-49(63)66-50(4,5)6)47(60)58-21-13-17-42(54-58)48(61)62)26-39(44)41(28-51(7,8)31-65-33(3)59)46(57)40-27-38(29-52-45(40)32(2)64-9)56-23-22-55-20-12-16-37(55)30-56/h11,14-15,18-19,24,26-27,29,32,37,42-43,54H,10,12-13,16-17,20-23,25,28,30-31H2,1-9H3,(H,53,63)(H,61,62)/t32?,37-,42+,43?/m1/s1. The third kappa shape index (κ3) is 11.2. The summed E-state index contributed by atoms with van der Waals surface area (Å²) in [5, 5.41) is 14.9. The second-order valence-electron chi connectivity index (χ2n) is 20.0. The molecule has 2 amide bonds. The average molecular weight is 908 g/mol. The molecule has 0 spiro atoms. The highest BCUT2D eigenvalue weighted by Crippen LogP contribution is 2.43. The zero-order chi connectivity index (χ0) is 47.5. The number of esters is 1. The summed E-state index contributed by atoms with van der Waals surface area (Å²) in [6.07, 6.45) is 5.05. The zero-order valence-corrected chi connectivity index (χ0v) is 40.2. The van der Waals surface area contributed by atoms with Crippen LogP contribution in [-0.2, 0) is 48.0 Å². The molecular weight excluding hydrogens is 839 g/mol. The van der Waals surface area contributed by atoms with Gasteiger partial charge in [0.1, 0.15) is 17.7 Å². The number of aryl methyl sites for hydroxylation is 1. The van der Waals surface area contributed by atoms with Gasteiger partial charge in [0.15, 0.2) is 0 Å². The smallest absolute Gasteiger partial charge is 0.408 e. The molecule has 7 rings (SSSR count). The fourth-order valence-corrected chi connectivity index (χ4v) is 9.81. The molecular formula is C51H69N7O8. The van der Waals surface area contributed by atoms with Crippen molar-refractivity contribution in [3.05, 3.63) is 71.5 Å². The maximum atomic E-state index is 14.1. The van der Waals surface area contributed by atoms with E-state index in [4.69, 9.17) is 19.2 Å². The molecule has 3 N–H and O–H groups in total. The fourth-order valence-electron chi connectivity index (χ4n) is 9.81. The Hall–Kier alpha value is -5.51. The summed E-state index contributed by atoms with van der Waals surface area (Å²) in [5.41, 5.74) is 10.5. The third-order valence-corrected chi connectivity index (χ3v) is 13.1. The van der Waals surface area contributed by atoms with E-state index in [-0.39, 0.29) is 25.1 Å². The molecule has 3 aliphatic heterocycles. The molecule has 356 valence electrons. The van der Waals surface area contributed by atoms with Gasteiger partial charge in [-0.1, -0.05) is 44.2 Å². The molecule has 3 aliphatic rings. The number of hydrogen-bond donors (Lipinski definition) is 3. The van der Waals surface area contributed by atoms with Crippen LogP contribution in [0.25, 0.3) is 33.3 Å². The highest BCUT2D eigenvalue weighted by atomic mass is 16.6. The number of carboxylic acid groups (broad SMARTS) is 1. The first-order valence-electron chi connectivity index (χ1n) is 23.5. The number of hydrazine groups is 1. The second-order valence-corrected chi connectivity index (χ2v) is 20.0. The Bertz CT molecular complexity index is 2420. The Kier molecular flexibility index (Phi) is 14.8. The van der Waals surface area contributed by atoms with Crippen LogP contribution in [0.5, 0.6) is 0 Å². The quantitative estimate of drug-likeness (QED) is 0.101. The van der Waals surface area contributed by atoms with Crippen molar-refractivity contribution in [1.82, 2.24) is 30.2 Å². The average Bonchev–Trinajstić information content (AvgIpc) is 3.88. The SMILES string of the molecule is CCn1c(-c2cc(N3CCN4CCC[C@@H]4C3)cnc2C(C)OC)c(CC(C)(C)COC(C)=O)c2cc(-c3cccc(CC(NC(=O)OC(C)(C)C)C(=O)N4CCC[C@@H](C(=O)O)N4)c3)ccc21. The lowest BCUT2D eigenvalue weighted by atomic mass is 9.84. The number of ether oxygens (including phenoxy) is 3. The van der Waals surface area contributed by atoms with Crippen molar-refractivity contribution in [3.63, 3.8) is 0 Å². The summed E-state index contributed by atoms with van der Waals surface area (Å²) in [7, 11) is 1.72. The van der Waals surface area contributed by atoms with E-state index in [1.807, 2.05) is 37.4 Å². The number of fused-ring (bicyclic) bond motifs is 2. The first kappa shape index (κ1) is 48.4. The van der Waals surface area contributed by atoms with Crippen LogP contribution in [-0.4, -0.2) is 119 Å². The van der Waals surface area contributed by atoms with Crippen LogP contribution < -0.4 is 15.6 Å². The lowest BCUT2D eigenvalue weighted by Crippen LogP contribution is -2.60. The van der Waals surface area contributed by atoms with E-state index in [1.165, 1.54) is 31.3 Å². The lowest BCUT2D eigenvalue weighted by molar-refractivity contribution is -0.148. The van der Waals surface area contributed by atoms with Crippen molar-refractivity contribution in [3.8, 4) is 22.4 Å². The molecule has 0 radical (unpaired) electrons. The lowest BCUT2D eigenvalue weighted by Gasteiger charge is -2.39. The van der Waals surface area contributed by atoms with Crippen molar-refractivity contribution in [1.29, 1.82) is 0 Å². The number of amides is 2. The van der Waals surface area contributed by atoms with E-state index >= 15 is 0 Å². The number of carbonyl (C=O) groups excluding carboxylic acids is 3. The molecule has 0 saturated carbocycles. The highest BCUT2D eigenvalue weighted by molar-refractivity contribution is 5.96. The van der Waals surface area contributed by atoms with Gasteiger partial charge in [-0.25, -0.2) is 10.2 Å². The zero-order valence-electron chi connectivity index (χ0n) is 40.2. The minimum atomic E-state index is -1.04. The Morgan fingerprint density at radius 3 is 2.44 bits per heavy atom. The van der Waals surface area contributed by atoms with E-state index in [1.54, 1.807) is 27.9 Å². The highest BCUT2D eigenvalue weighted by Gasteiger charge is 2.35. The summed E-state index contributed by atoms with van der Waals surface area (Å²) < 4.78 is 19.6. The first-order chi connectivity index (χ1) is 31.3. The van der Waals surface area contributed by atoms with E-state index in [2.05, 4.69) is 70.1 Å². The van der Waals surface area contributed by atoms with Crippen LogP contribution in [0.1, 0.15) is 104 Å². The van der Waals surface area contributed by atoms with E-state index in [0.29, 0.717) is 38.4 Å². The number of methoxy groups -OCH3 is 1. The normalized spacial score (nSPS) is 19.0. The van der Waals surface area contributed by atoms with Gasteiger partial charge in [-0.2, -0.15) is 0 Å². The van der Waals surface area contributed by atoms with Gasteiger partial charge < -0.3 is 34.1 Å². The Morgan fingerprint density at radius 1 is 0.970 bits per heavy atom. The number of nitrogens with zero attached hydrogens (tertiary/aromatic N) is 5. The fraction of sp³-hybridized carbons (Fsp3) is 0.549. The Balaban J connectivity index is 1.31. The van der Waals surface area contributed by atoms with Gasteiger partial charge in [0.05, 0.1) is 36.0 Å². The Labute approximate surface area is 389 Å². The topological polar surface area (TPSA) is 168 Å². The predicted octanol–water partition coefficient (Wildman–Crippen LogP) is 7.53. The van der Waals surface area contributed by atoms with Gasteiger partial charge >= 0.3 is 18.0 Å². The maximum absolute atomic E-state index is 14.1. The molecule has 66 heavy (non-hydrogen) atoms. The van der Waals surface area contributed by atoms with E-state index in [0.717, 1.165) is 75.4 Å². The number of nitrogens with one attached hydrogen (secondary N) is 2. The number of piperazine rings is 1. The third-order valence-electron chi connectivity index (χ3n) is 13.1. The number of alkyl carbamates (subject to hydrolysis) is 1. The predicted molar refractivity (Wildman–Crippen MR) is 255 cm³/mol. The first-order valence-corrected chi connectivity index (χ1v) is 23.5. The molecule has 5 heterocycles. The van der Waals surface area contributed by atoms with E-state index in [9.17, 15) is 24.3 Å². The summed E-state index contributed by atoms with van der Waals surface area (Å²) in [5.74, 6) is -1.81. The number of aromatic nitrogens is 2. The molecule has 4 atom stereocenters. The summed E-state index contributed by atoms with van der Waals surface area (Å²) in [6.45, 7) is 20.5. The van der Waals surface area contributed by atoms with Crippen LogP contribution in [0.15, 0.2) is 54.7 Å². The molecule has 3 saturated heterocycles. The van der Waals surface area contributed by atoms with Gasteiger partial charge in [-0.15, -0.1) is 0 Å². The molecule has 2 aromatic carbocycles. The number of carboxylic acids is 1. The van der Waals surface area contributed by atoms with Gasteiger partial charge in [0.2, 0.25) is 0 Å². The summed E-state index contributed by atoms with van der Waals surface area (Å²) in [4.78, 5) is 61.5. The second kappa shape index (κ2) is 20.2. The van der Waals surface area contributed by atoms with Gasteiger partial charge in [-0.3, -0.25) is 29.3 Å². The van der Waals surface area contributed by atoms with Crippen molar-refractivity contribution < 1.29 is 38.5 Å². The molecule has 2 unspecified atom stereocenters. The van der Waals surface area contributed by atoms with Crippen molar-refractivity contribution in [2.45, 2.75) is 130 Å². The number of rotatable bonds is 15. The van der Waals surface area contributed by atoms with Crippen LogP contribution in [0.3, 0.4) is 0 Å². The molecule has 4 aromatic rings. The molecule has 2 aromatic heterocycles. The minimum Gasteiger partial charge on any atom is -0.480 e. The van der Waals surface area contributed by atoms with Crippen LogP contribution >= 0.6 is 0 Å². The van der Waals surface area contributed by atoms with Crippen LogP contribution in [0.2, 0.25) is 0 Å². The molecule has 0 aliphatic carbocycles. The number of aliphatic carboxylic acids is 1. The number of pyridine rings is 1. The van der Waals surface area contributed by atoms with Crippen LogP contribution in [0.4, 0.5) is 10.5 Å². The maximum Gasteiger partial charge on any atom is 0.408 e. The van der Waals surface area contributed by atoms with Gasteiger partial charge in [-0.05, 0) is 114 Å². The molecule has 0 bridgehead atoms.